The second-order valence-corrected chi connectivity index (χ2v) is 5.16. The van der Waals surface area contributed by atoms with E-state index in [0.29, 0.717) is 0 Å². The quantitative estimate of drug-likeness (QED) is 0.478. The highest BCUT2D eigenvalue weighted by Crippen LogP contribution is 2.03. The highest BCUT2D eigenvalue weighted by Gasteiger charge is 1.88. The molecule has 0 spiro atoms. The van der Waals surface area contributed by atoms with Crippen molar-refractivity contribution in [2.24, 2.45) is 0 Å². The highest BCUT2D eigenvalue weighted by molar-refractivity contribution is 4.41. The summed E-state index contributed by atoms with van der Waals surface area (Å²) in [7, 11) is 8.50. The standard InChI is InChI=1S/C8H17O.C4H12N/c1-2-3-4-5-6-7-8-9;1-5(2,3)4/h2-8H2,1H3;1-4H3/q-1;+1. The summed E-state index contributed by atoms with van der Waals surface area (Å²) in [5.41, 5.74) is 0. The molecule has 2 heteroatoms. The molecular formula is C12H29NO. The first-order valence-corrected chi connectivity index (χ1v) is 5.78. The number of unbranched alkanes of at least 4 members (excludes halogenated alkanes) is 5. The predicted octanol–water partition coefficient (Wildman–Crippen LogP) is 2.03. The first kappa shape index (κ1) is 16.4. The Labute approximate surface area is 90.5 Å². The van der Waals surface area contributed by atoms with E-state index in [1.54, 1.807) is 0 Å². The van der Waals surface area contributed by atoms with Gasteiger partial charge in [0.05, 0.1) is 28.2 Å². The van der Waals surface area contributed by atoms with E-state index in [9.17, 15) is 5.11 Å². The van der Waals surface area contributed by atoms with Crippen LogP contribution in [0.2, 0.25) is 0 Å². The molecule has 0 aliphatic rings. The van der Waals surface area contributed by atoms with Gasteiger partial charge in [0.25, 0.3) is 0 Å². The first-order chi connectivity index (χ1) is 6.41. The lowest BCUT2D eigenvalue weighted by Crippen LogP contribution is -2.27. The normalized spacial score (nSPS) is 10.7. The Hall–Kier alpha value is -0.0800. The lowest BCUT2D eigenvalue weighted by Gasteiger charge is -2.14. The van der Waals surface area contributed by atoms with Crippen LogP contribution in [-0.2, 0) is 0 Å². The van der Waals surface area contributed by atoms with E-state index in [1.807, 2.05) is 0 Å². The van der Waals surface area contributed by atoms with Crippen LogP contribution in [0.15, 0.2) is 0 Å². The lowest BCUT2D eigenvalue weighted by atomic mass is 10.1. The number of hydrogen-bond donors (Lipinski definition) is 0. The van der Waals surface area contributed by atoms with Crippen molar-refractivity contribution < 1.29 is 9.59 Å². The molecule has 0 saturated carbocycles. The largest absolute Gasteiger partial charge is 0.854 e. The summed E-state index contributed by atoms with van der Waals surface area (Å²) in [6.45, 7) is 2.32. The molecule has 0 radical (unpaired) electrons. The van der Waals surface area contributed by atoms with Crippen molar-refractivity contribution in [3.8, 4) is 0 Å². The molecule has 0 fully saturated rings. The minimum absolute atomic E-state index is 0.117. The van der Waals surface area contributed by atoms with Gasteiger partial charge in [0.2, 0.25) is 0 Å². The number of quaternary nitrogens is 1. The molecule has 0 heterocycles. The first-order valence-electron chi connectivity index (χ1n) is 5.78. The molecular weight excluding hydrogens is 174 g/mol. The van der Waals surface area contributed by atoms with E-state index in [2.05, 4.69) is 35.1 Å². The maximum atomic E-state index is 9.96. The van der Waals surface area contributed by atoms with Crippen LogP contribution >= 0.6 is 0 Å². The number of rotatable bonds is 6. The van der Waals surface area contributed by atoms with Crippen LogP contribution in [0.25, 0.3) is 0 Å². The maximum Gasteiger partial charge on any atom is 0.0675 e. The van der Waals surface area contributed by atoms with Gasteiger partial charge in [-0.15, -0.1) is 6.61 Å². The van der Waals surface area contributed by atoms with Gasteiger partial charge in [0, 0.05) is 0 Å². The molecule has 14 heavy (non-hydrogen) atoms. The van der Waals surface area contributed by atoms with Gasteiger partial charge in [-0.05, 0) is 0 Å². The van der Waals surface area contributed by atoms with E-state index in [1.165, 1.54) is 25.7 Å². The van der Waals surface area contributed by atoms with Crippen LogP contribution < -0.4 is 5.11 Å². The topological polar surface area (TPSA) is 23.1 Å². The highest BCUT2D eigenvalue weighted by atomic mass is 16.2. The molecule has 88 valence electrons. The number of hydrogen-bond acceptors (Lipinski definition) is 1. The minimum Gasteiger partial charge on any atom is -0.854 e. The van der Waals surface area contributed by atoms with Crippen molar-refractivity contribution in [2.45, 2.75) is 45.4 Å². The molecule has 0 aromatic carbocycles. The zero-order chi connectivity index (χ0) is 11.4. The Morgan fingerprint density at radius 1 is 0.786 bits per heavy atom. The summed E-state index contributed by atoms with van der Waals surface area (Å²) in [4.78, 5) is 0. The van der Waals surface area contributed by atoms with Crippen LogP contribution in [0, 0.1) is 0 Å². The molecule has 0 amide bonds. The summed E-state index contributed by atoms with van der Waals surface area (Å²) in [6.07, 6.45) is 7.22. The Morgan fingerprint density at radius 3 is 1.50 bits per heavy atom. The Kier molecular flexibility index (Phi) is 12.8. The van der Waals surface area contributed by atoms with Gasteiger partial charge < -0.3 is 9.59 Å². The van der Waals surface area contributed by atoms with Gasteiger partial charge >= 0.3 is 0 Å². The summed E-state index contributed by atoms with van der Waals surface area (Å²) < 4.78 is 1.00. The van der Waals surface area contributed by atoms with E-state index < -0.39 is 0 Å². The molecule has 0 aromatic heterocycles. The van der Waals surface area contributed by atoms with Crippen molar-refractivity contribution in [2.75, 3.05) is 34.8 Å². The van der Waals surface area contributed by atoms with Gasteiger partial charge in [-0.3, -0.25) is 0 Å². The average molecular weight is 203 g/mol. The number of nitrogens with zero attached hydrogens (tertiary/aromatic N) is 1. The lowest BCUT2D eigenvalue weighted by molar-refractivity contribution is -0.849. The third kappa shape index (κ3) is 40.6. The molecule has 0 aliphatic carbocycles. The molecule has 0 saturated heterocycles. The molecule has 0 unspecified atom stereocenters. The van der Waals surface area contributed by atoms with Crippen LogP contribution in [0.4, 0.5) is 0 Å². The molecule has 2 nitrogen and oxygen atoms in total. The average Bonchev–Trinajstić information content (AvgIpc) is 2.01. The van der Waals surface area contributed by atoms with Crippen LogP contribution in [-0.4, -0.2) is 39.3 Å². The zero-order valence-corrected chi connectivity index (χ0v) is 10.8. The van der Waals surface area contributed by atoms with Gasteiger partial charge in [-0.1, -0.05) is 45.4 Å². The molecule has 0 atom stereocenters. The molecule has 0 aromatic rings. The van der Waals surface area contributed by atoms with Crippen molar-refractivity contribution >= 4 is 0 Å². The molecule has 0 rings (SSSR count). The summed E-state index contributed by atoms with van der Waals surface area (Å²) in [5.74, 6) is 0. The van der Waals surface area contributed by atoms with Gasteiger partial charge in [-0.25, -0.2) is 0 Å². The Morgan fingerprint density at radius 2 is 1.14 bits per heavy atom. The second kappa shape index (κ2) is 11.0. The summed E-state index contributed by atoms with van der Waals surface area (Å²) in [6, 6.07) is 0. The third-order valence-electron chi connectivity index (χ3n) is 1.50. The van der Waals surface area contributed by atoms with E-state index >= 15 is 0 Å². The van der Waals surface area contributed by atoms with Gasteiger partial charge in [0.1, 0.15) is 0 Å². The monoisotopic (exact) mass is 203 g/mol. The van der Waals surface area contributed by atoms with E-state index in [0.717, 1.165) is 17.3 Å². The fourth-order valence-corrected chi connectivity index (χ4v) is 0.882. The second-order valence-electron chi connectivity index (χ2n) is 5.16. The van der Waals surface area contributed by atoms with E-state index in [4.69, 9.17) is 0 Å². The predicted molar refractivity (Wildman–Crippen MR) is 62.2 cm³/mol. The van der Waals surface area contributed by atoms with Crippen molar-refractivity contribution in [1.29, 1.82) is 0 Å². The summed E-state index contributed by atoms with van der Waals surface area (Å²) in [5, 5.41) is 9.96. The fourth-order valence-electron chi connectivity index (χ4n) is 0.882. The van der Waals surface area contributed by atoms with E-state index in [-0.39, 0.29) is 6.61 Å². The van der Waals surface area contributed by atoms with Crippen LogP contribution in [0.3, 0.4) is 0 Å². The third-order valence-corrected chi connectivity index (χ3v) is 1.50. The van der Waals surface area contributed by atoms with Crippen LogP contribution in [0.5, 0.6) is 0 Å². The van der Waals surface area contributed by atoms with Gasteiger partial charge in [-0.2, -0.15) is 0 Å². The minimum atomic E-state index is 0.117. The van der Waals surface area contributed by atoms with Crippen molar-refractivity contribution in [3.05, 3.63) is 0 Å². The van der Waals surface area contributed by atoms with Gasteiger partial charge in [0.15, 0.2) is 0 Å². The zero-order valence-electron chi connectivity index (χ0n) is 10.8. The maximum absolute atomic E-state index is 9.96. The van der Waals surface area contributed by atoms with Crippen molar-refractivity contribution in [1.82, 2.24) is 0 Å². The smallest absolute Gasteiger partial charge is 0.0675 e. The molecule has 0 bridgehead atoms. The Bertz CT molecular complexity index is 85.0. The Balaban J connectivity index is 0. The molecule has 0 aliphatic heterocycles. The van der Waals surface area contributed by atoms with Crippen molar-refractivity contribution in [3.63, 3.8) is 0 Å². The molecule has 0 N–H and O–H groups in total. The SMILES string of the molecule is CCCCCCCC[O-].C[N+](C)(C)C. The summed E-state index contributed by atoms with van der Waals surface area (Å²) >= 11 is 0. The fraction of sp³-hybridized carbons (Fsp3) is 1.00. The van der Waals surface area contributed by atoms with Crippen LogP contribution in [0.1, 0.15) is 45.4 Å².